The van der Waals surface area contributed by atoms with Gasteiger partial charge < -0.3 is 25.0 Å². The third-order valence-electron chi connectivity index (χ3n) is 7.93. The maximum Gasteiger partial charge on any atom is 0.337 e. The lowest BCUT2D eigenvalue weighted by Crippen LogP contribution is -2.50. The quantitative estimate of drug-likeness (QED) is 0.390. The van der Waals surface area contributed by atoms with E-state index in [2.05, 4.69) is 41.5 Å². The number of fused-ring (bicyclic) bond motifs is 2. The third kappa shape index (κ3) is 5.13. The summed E-state index contributed by atoms with van der Waals surface area (Å²) in [6, 6.07) is 20.1. The smallest absolute Gasteiger partial charge is 0.337 e. The van der Waals surface area contributed by atoms with Crippen LogP contribution >= 0.6 is 0 Å². The van der Waals surface area contributed by atoms with Crippen molar-refractivity contribution < 1.29 is 19.1 Å². The van der Waals surface area contributed by atoms with E-state index in [1.807, 2.05) is 60.7 Å². The van der Waals surface area contributed by atoms with Crippen molar-refractivity contribution in [3.63, 3.8) is 0 Å². The van der Waals surface area contributed by atoms with Crippen LogP contribution in [0.15, 0.2) is 84.0 Å². The van der Waals surface area contributed by atoms with Crippen molar-refractivity contribution in [1.82, 2.24) is 10.2 Å². The lowest BCUT2D eigenvalue weighted by molar-refractivity contribution is -0.138. The molecule has 7 heteroatoms. The monoisotopic (exact) mass is 515 g/mol. The van der Waals surface area contributed by atoms with Crippen molar-refractivity contribution in [2.75, 3.05) is 25.5 Å². The van der Waals surface area contributed by atoms with Gasteiger partial charge in [-0.25, -0.2) is 4.79 Å². The molecule has 2 bridgehead atoms. The summed E-state index contributed by atoms with van der Waals surface area (Å²) < 4.78 is 11.8. The number of para-hydroxylation sites is 1. The number of hydrogen-bond acceptors (Lipinski definition) is 6. The first kappa shape index (κ1) is 26.2. The lowest BCUT2D eigenvalue weighted by Gasteiger charge is -2.36. The van der Waals surface area contributed by atoms with Crippen molar-refractivity contribution in [2.45, 2.75) is 62.9 Å². The fraction of sp³-hybridized carbons (Fsp3) is 0.419. The largest absolute Gasteiger partial charge is 0.466 e. The minimum atomic E-state index is -1.14. The Bertz CT molecular complexity index is 1160. The Morgan fingerprint density at radius 2 is 1.71 bits per heavy atom. The molecule has 1 amide bonds. The van der Waals surface area contributed by atoms with Gasteiger partial charge in [0.1, 0.15) is 11.7 Å². The number of nitrogens with zero attached hydrogens (tertiary/aromatic N) is 1. The second kappa shape index (κ2) is 11.1. The maximum atomic E-state index is 13.7. The van der Waals surface area contributed by atoms with Crippen molar-refractivity contribution in [2.24, 2.45) is 0 Å². The second-order valence-corrected chi connectivity index (χ2v) is 10.6. The highest BCUT2D eigenvalue weighted by atomic mass is 16.5. The van der Waals surface area contributed by atoms with Crippen molar-refractivity contribution >= 4 is 17.6 Å². The van der Waals surface area contributed by atoms with Gasteiger partial charge in [0.15, 0.2) is 0 Å². The number of carbonyl (C=O) groups is 2. The highest BCUT2D eigenvalue weighted by Gasteiger charge is 2.58. The molecule has 3 heterocycles. The molecule has 2 N–H and O–H groups in total. The number of methoxy groups -OCH3 is 1. The topological polar surface area (TPSA) is 79.9 Å². The molecule has 38 heavy (non-hydrogen) atoms. The highest BCUT2D eigenvalue weighted by Crippen LogP contribution is 2.47. The highest BCUT2D eigenvalue weighted by molar-refractivity contribution is 6.07. The molecule has 0 aliphatic carbocycles. The van der Waals surface area contributed by atoms with Gasteiger partial charge in [0.2, 0.25) is 0 Å². The number of carbonyl (C=O) groups excluding carboxylic acids is 2. The molecule has 3 aliphatic rings. The van der Waals surface area contributed by atoms with Crippen molar-refractivity contribution in [3.8, 4) is 0 Å². The second-order valence-electron chi connectivity index (χ2n) is 10.6. The van der Waals surface area contributed by atoms with E-state index >= 15 is 0 Å². The minimum absolute atomic E-state index is 0.0607. The number of likely N-dealkylation sites (tertiary alicyclic amines) is 1. The summed E-state index contributed by atoms with van der Waals surface area (Å²) in [5, 5.41) is 6.80. The summed E-state index contributed by atoms with van der Waals surface area (Å²) in [4.78, 5) is 29.5. The first-order chi connectivity index (χ1) is 18.4. The van der Waals surface area contributed by atoms with Gasteiger partial charge >= 0.3 is 5.97 Å². The summed E-state index contributed by atoms with van der Waals surface area (Å²) in [6.45, 7) is 6.27. The summed E-state index contributed by atoms with van der Waals surface area (Å²) in [7, 11) is 1.35. The number of anilines is 1. The fourth-order valence-electron chi connectivity index (χ4n) is 5.87. The SMILES string of the molecule is COC(=O)C1=C(C(=O)NC2CCN(C(C)C)CC2)C2C=CC1(C(Cc1ccccc1)Nc1ccccc1)O2. The van der Waals surface area contributed by atoms with Crippen LogP contribution in [0.2, 0.25) is 0 Å². The molecule has 0 radical (unpaired) electrons. The summed E-state index contributed by atoms with van der Waals surface area (Å²) >= 11 is 0. The normalized spacial score (nSPS) is 24.1. The molecular formula is C31H37N3O4. The van der Waals surface area contributed by atoms with Crippen LogP contribution in [0.4, 0.5) is 5.69 Å². The van der Waals surface area contributed by atoms with Gasteiger partial charge in [0.25, 0.3) is 5.91 Å². The molecule has 0 saturated carbocycles. The number of ether oxygens (including phenoxy) is 2. The molecule has 3 aliphatic heterocycles. The van der Waals surface area contributed by atoms with E-state index in [0.29, 0.717) is 18.0 Å². The van der Waals surface area contributed by atoms with Gasteiger partial charge in [-0.15, -0.1) is 0 Å². The van der Waals surface area contributed by atoms with Crippen LogP contribution in [0.3, 0.4) is 0 Å². The Morgan fingerprint density at radius 3 is 2.34 bits per heavy atom. The fourth-order valence-corrected chi connectivity index (χ4v) is 5.87. The van der Waals surface area contributed by atoms with E-state index in [1.165, 1.54) is 7.11 Å². The van der Waals surface area contributed by atoms with Crippen LogP contribution < -0.4 is 10.6 Å². The zero-order chi connectivity index (χ0) is 26.7. The molecule has 3 atom stereocenters. The number of nitrogens with one attached hydrogen (secondary N) is 2. The van der Waals surface area contributed by atoms with Gasteiger partial charge in [-0.05, 0) is 56.9 Å². The minimum Gasteiger partial charge on any atom is -0.466 e. The lowest BCUT2D eigenvalue weighted by atomic mass is 9.78. The number of rotatable bonds is 9. The Kier molecular flexibility index (Phi) is 7.68. The van der Waals surface area contributed by atoms with Crippen molar-refractivity contribution in [3.05, 3.63) is 89.5 Å². The third-order valence-corrected chi connectivity index (χ3v) is 7.93. The number of benzene rings is 2. The Balaban J connectivity index is 1.47. The number of hydrogen-bond donors (Lipinski definition) is 2. The zero-order valence-electron chi connectivity index (χ0n) is 22.4. The predicted molar refractivity (Wildman–Crippen MR) is 148 cm³/mol. The van der Waals surface area contributed by atoms with Gasteiger partial charge in [-0.2, -0.15) is 0 Å². The molecule has 200 valence electrons. The molecule has 7 nitrogen and oxygen atoms in total. The van der Waals surface area contributed by atoms with E-state index < -0.39 is 17.7 Å². The molecule has 1 fully saturated rings. The van der Waals surface area contributed by atoms with Crippen LogP contribution in [-0.4, -0.2) is 66.8 Å². The number of amides is 1. The van der Waals surface area contributed by atoms with E-state index in [1.54, 1.807) is 0 Å². The Hall–Kier alpha value is -3.42. The van der Waals surface area contributed by atoms with Crippen LogP contribution in [0, 0.1) is 0 Å². The molecule has 2 aromatic carbocycles. The average molecular weight is 516 g/mol. The summed E-state index contributed by atoms with van der Waals surface area (Å²) in [6.07, 6.45) is 5.55. The zero-order valence-corrected chi connectivity index (χ0v) is 22.4. The van der Waals surface area contributed by atoms with Crippen molar-refractivity contribution in [1.29, 1.82) is 0 Å². The summed E-state index contributed by atoms with van der Waals surface area (Å²) in [5.41, 5.74) is 1.50. The molecule has 5 rings (SSSR count). The standard InChI is InChI=1S/C31H37N3O4/c1-21(2)34-18-15-24(16-19-34)33-29(35)27-25-14-17-31(38-25,28(27)30(36)37-3)26(20-22-10-6-4-7-11-22)32-23-12-8-5-9-13-23/h4-14,17,21,24-26,32H,15-16,18-20H2,1-3H3,(H,33,35). The first-order valence-electron chi connectivity index (χ1n) is 13.5. The van der Waals surface area contributed by atoms with Gasteiger partial charge in [-0.1, -0.05) is 54.6 Å². The molecule has 0 aromatic heterocycles. The predicted octanol–water partition coefficient (Wildman–Crippen LogP) is 3.88. The van der Waals surface area contributed by atoms with Gasteiger partial charge in [0.05, 0.1) is 24.3 Å². The van der Waals surface area contributed by atoms with E-state index in [0.717, 1.165) is 37.2 Å². The van der Waals surface area contributed by atoms with Crippen LogP contribution in [0.5, 0.6) is 0 Å². The molecule has 0 spiro atoms. The Labute approximate surface area is 224 Å². The molecular weight excluding hydrogens is 478 g/mol. The maximum absolute atomic E-state index is 13.7. The number of piperidine rings is 1. The van der Waals surface area contributed by atoms with E-state index in [-0.39, 0.29) is 23.6 Å². The van der Waals surface area contributed by atoms with Gasteiger partial charge in [0, 0.05) is 30.9 Å². The Morgan fingerprint density at radius 1 is 1.05 bits per heavy atom. The van der Waals surface area contributed by atoms with Crippen LogP contribution in [0.25, 0.3) is 0 Å². The number of esters is 1. The van der Waals surface area contributed by atoms with E-state index in [4.69, 9.17) is 9.47 Å². The molecule has 1 saturated heterocycles. The first-order valence-corrected chi connectivity index (χ1v) is 13.5. The summed E-state index contributed by atoms with van der Waals surface area (Å²) in [5.74, 6) is -0.785. The molecule has 3 unspecified atom stereocenters. The van der Waals surface area contributed by atoms with E-state index in [9.17, 15) is 9.59 Å². The van der Waals surface area contributed by atoms with Gasteiger partial charge in [-0.3, -0.25) is 4.79 Å². The average Bonchev–Trinajstić information content (AvgIpc) is 3.52. The molecule has 2 aromatic rings. The van der Waals surface area contributed by atoms with Crippen LogP contribution in [0.1, 0.15) is 32.3 Å². The van der Waals surface area contributed by atoms with Crippen LogP contribution in [-0.2, 0) is 25.5 Å².